The average molecular weight is 404 g/mol. The Morgan fingerprint density at radius 1 is 1.24 bits per heavy atom. The first-order valence-electron chi connectivity index (χ1n) is 7.74. The van der Waals surface area contributed by atoms with Crippen LogP contribution in [-0.2, 0) is 11.3 Å². The van der Waals surface area contributed by atoms with E-state index in [1.165, 1.54) is 24.4 Å². The Morgan fingerprint density at radius 2 is 2.00 bits per heavy atom. The highest BCUT2D eigenvalue weighted by Crippen LogP contribution is 2.20. The third kappa shape index (κ3) is 3.49. The number of hydrogen-bond acceptors (Lipinski definition) is 3. The summed E-state index contributed by atoms with van der Waals surface area (Å²) in [5.74, 6) is -1.13. The molecule has 0 unspecified atom stereocenters. The standard InChI is InChI=1S/C19H15BrFNO3/c1-2-25-19(24)15-11-22(10-12-5-3-4-6-16(12)20)17-9-13(21)7-8-14(17)18(15)23/h3-9,11H,2,10H2,1H3. The summed E-state index contributed by atoms with van der Waals surface area (Å²) in [5, 5.41) is 0.277. The van der Waals surface area contributed by atoms with E-state index in [4.69, 9.17) is 4.74 Å². The van der Waals surface area contributed by atoms with Gasteiger partial charge in [0.2, 0.25) is 5.43 Å². The molecule has 3 rings (SSSR count). The molecule has 0 spiro atoms. The van der Waals surface area contributed by atoms with Crippen LogP contribution in [0.1, 0.15) is 22.8 Å². The van der Waals surface area contributed by atoms with Crippen LogP contribution in [0.15, 0.2) is 57.9 Å². The van der Waals surface area contributed by atoms with Crippen molar-refractivity contribution >= 4 is 32.8 Å². The second-order valence-electron chi connectivity index (χ2n) is 5.47. The van der Waals surface area contributed by atoms with Crippen LogP contribution in [0.2, 0.25) is 0 Å². The van der Waals surface area contributed by atoms with Crippen molar-refractivity contribution in [3.8, 4) is 0 Å². The van der Waals surface area contributed by atoms with Crippen molar-refractivity contribution in [1.82, 2.24) is 4.57 Å². The van der Waals surface area contributed by atoms with Gasteiger partial charge < -0.3 is 9.30 Å². The highest BCUT2D eigenvalue weighted by Gasteiger charge is 2.17. The Kier molecular flexibility index (Phi) is 4.99. The molecular weight excluding hydrogens is 389 g/mol. The molecule has 1 heterocycles. The molecule has 4 nitrogen and oxygen atoms in total. The number of carbonyl (C=O) groups excluding carboxylic acids is 1. The van der Waals surface area contributed by atoms with E-state index in [1.807, 2.05) is 24.3 Å². The van der Waals surface area contributed by atoms with Crippen LogP contribution in [0.4, 0.5) is 4.39 Å². The molecule has 0 saturated heterocycles. The van der Waals surface area contributed by atoms with Crippen LogP contribution in [0.25, 0.3) is 10.9 Å². The lowest BCUT2D eigenvalue weighted by Gasteiger charge is -2.14. The molecule has 0 aliphatic heterocycles. The summed E-state index contributed by atoms with van der Waals surface area (Å²) in [6, 6.07) is 11.5. The van der Waals surface area contributed by atoms with Crippen LogP contribution in [0, 0.1) is 5.82 Å². The number of hydrogen-bond donors (Lipinski definition) is 0. The molecule has 0 fully saturated rings. The molecule has 128 valence electrons. The van der Waals surface area contributed by atoms with Crippen LogP contribution in [0.3, 0.4) is 0 Å². The number of carbonyl (C=O) groups is 1. The van der Waals surface area contributed by atoms with Gasteiger partial charge in [0.05, 0.1) is 12.1 Å². The average Bonchev–Trinajstić information content (AvgIpc) is 2.59. The number of benzene rings is 2. The summed E-state index contributed by atoms with van der Waals surface area (Å²) < 4.78 is 21.3. The summed E-state index contributed by atoms with van der Waals surface area (Å²) in [6.45, 7) is 2.21. The molecule has 0 aliphatic rings. The first-order valence-corrected chi connectivity index (χ1v) is 8.53. The van der Waals surface area contributed by atoms with Crippen LogP contribution < -0.4 is 5.43 Å². The van der Waals surface area contributed by atoms with Gasteiger partial charge in [-0.05, 0) is 36.8 Å². The number of esters is 1. The molecule has 25 heavy (non-hydrogen) atoms. The van der Waals surface area contributed by atoms with Crippen molar-refractivity contribution in [2.75, 3.05) is 6.61 Å². The maximum absolute atomic E-state index is 13.7. The second kappa shape index (κ2) is 7.19. The summed E-state index contributed by atoms with van der Waals surface area (Å²) in [6.07, 6.45) is 1.43. The van der Waals surface area contributed by atoms with Gasteiger partial charge in [-0.15, -0.1) is 0 Å². The van der Waals surface area contributed by atoms with Gasteiger partial charge in [-0.3, -0.25) is 4.79 Å². The van der Waals surface area contributed by atoms with Crippen molar-refractivity contribution in [3.63, 3.8) is 0 Å². The maximum atomic E-state index is 13.7. The molecule has 0 N–H and O–H groups in total. The predicted molar refractivity (Wildman–Crippen MR) is 97.4 cm³/mol. The van der Waals surface area contributed by atoms with Crippen LogP contribution in [0.5, 0.6) is 0 Å². The zero-order valence-electron chi connectivity index (χ0n) is 13.5. The topological polar surface area (TPSA) is 48.3 Å². The minimum Gasteiger partial charge on any atom is -0.462 e. The van der Waals surface area contributed by atoms with E-state index in [1.54, 1.807) is 11.5 Å². The summed E-state index contributed by atoms with van der Waals surface area (Å²) in [4.78, 5) is 24.7. The minimum absolute atomic E-state index is 0.0620. The molecular formula is C19H15BrFNO3. The van der Waals surface area contributed by atoms with Gasteiger partial charge in [0.25, 0.3) is 0 Å². The van der Waals surface area contributed by atoms with Gasteiger partial charge in [0.15, 0.2) is 0 Å². The Hall–Kier alpha value is -2.47. The van der Waals surface area contributed by atoms with Crippen molar-refractivity contribution < 1.29 is 13.9 Å². The fourth-order valence-corrected chi connectivity index (χ4v) is 3.07. The van der Waals surface area contributed by atoms with Crippen molar-refractivity contribution in [1.29, 1.82) is 0 Å². The molecule has 1 aromatic heterocycles. The third-order valence-electron chi connectivity index (χ3n) is 3.84. The summed E-state index contributed by atoms with van der Waals surface area (Å²) in [7, 11) is 0. The fourth-order valence-electron chi connectivity index (χ4n) is 2.66. The molecule has 6 heteroatoms. The van der Waals surface area contributed by atoms with Gasteiger partial charge in [0, 0.05) is 22.6 Å². The first kappa shape index (κ1) is 17.4. The molecule has 0 aliphatic carbocycles. The lowest BCUT2D eigenvalue weighted by molar-refractivity contribution is 0.0524. The van der Waals surface area contributed by atoms with Crippen molar-refractivity contribution in [2.45, 2.75) is 13.5 Å². The molecule has 3 aromatic rings. The third-order valence-corrected chi connectivity index (χ3v) is 4.61. The maximum Gasteiger partial charge on any atom is 0.343 e. The molecule has 0 bridgehead atoms. The number of pyridine rings is 1. The molecule has 0 atom stereocenters. The molecule has 2 aromatic carbocycles. The van der Waals surface area contributed by atoms with Crippen molar-refractivity contribution in [3.05, 3.63) is 80.3 Å². The van der Waals surface area contributed by atoms with E-state index in [2.05, 4.69) is 15.9 Å². The van der Waals surface area contributed by atoms with Gasteiger partial charge in [0.1, 0.15) is 11.4 Å². The predicted octanol–water partition coefficient (Wildman–Crippen LogP) is 4.13. The number of ether oxygens (including phenoxy) is 1. The Morgan fingerprint density at radius 3 is 2.72 bits per heavy atom. The van der Waals surface area contributed by atoms with E-state index < -0.39 is 17.2 Å². The lowest BCUT2D eigenvalue weighted by Crippen LogP contribution is -2.21. The van der Waals surface area contributed by atoms with E-state index in [0.29, 0.717) is 12.1 Å². The molecule has 0 radical (unpaired) electrons. The quantitative estimate of drug-likeness (QED) is 0.615. The molecule has 0 amide bonds. The van der Waals surface area contributed by atoms with E-state index in [0.717, 1.165) is 10.0 Å². The lowest BCUT2D eigenvalue weighted by atomic mass is 10.1. The smallest absolute Gasteiger partial charge is 0.343 e. The number of nitrogens with zero attached hydrogens (tertiary/aromatic N) is 1. The number of rotatable bonds is 4. The summed E-state index contributed by atoms with van der Waals surface area (Å²) >= 11 is 3.48. The van der Waals surface area contributed by atoms with E-state index in [9.17, 15) is 14.0 Å². The Bertz CT molecular complexity index is 1010. The Balaban J connectivity index is 2.23. The number of fused-ring (bicyclic) bond motifs is 1. The van der Waals surface area contributed by atoms with E-state index >= 15 is 0 Å². The van der Waals surface area contributed by atoms with Gasteiger partial charge in [-0.25, -0.2) is 9.18 Å². The zero-order chi connectivity index (χ0) is 18.0. The SMILES string of the molecule is CCOC(=O)c1cn(Cc2ccccc2Br)c2cc(F)ccc2c1=O. The van der Waals surface area contributed by atoms with Gasteiger partial charge in [-0.1, -0.05) is 34.1 Å². The highest BCUT2D eigenvalue weighted by molar-refractivity contribution is 9.10. The second-order valence-corrected chi connectivity index (χ2v) is 6.33. The highest BCUT2D eigenvalue weighted by atomic mass is 79.9. The normalized spacial score (nSPS) is 10.8. The van der Waals surface area contributed by atoms with Gasteiger partial charge >= 0.3 is 5.97 Å². The van der Waals surface area contributed by atoms with Crippen molar-refractivity contribution in [2.24, 2.45) is 0 Å². The molecule has 0 saturated carbocycles. The minimum atomic E-state index is -0.681. The fraction of sp³-hybridized carbons (Fsp3) is 0.158. The summed E-state index contributed by atoms with van der Waals surface area (Å²) in [5.41, 5.74) is 0.838. The van der Waals surface area contributed by atoms with Crippen LogP contribution in [-0.4, -0.2) is 17.1 Å². The largest absolute Gasteiger partial charge is 0.462 e. The number of halogens is 2. The zero-order valence-corrected chi connectivity index (χ0v) is 15.0. The van der Waals surface area contributed by atoms with Gasteiger partial charge in [-0.2, -0.15) is 0 Å². The van der Waals surface area contributed by atoms with Crippen LogP contribution >= 0.6 is 15.9 Å². The first-order chi connectivity index (χ1) is 12.0. The monoisotopic (exact) mass is 403 g/mol. The Labute approximate surface area is 152 Å². The van der Waals surface area contributed by atoms with E-state index in [-0.39, 0.29) is 17.6 Å². The number of aromatic nitrogens is 1.